The van der Waals surface area contributed by atoms with Gasteiger partial charge in [-0.2, -0.15) is 0 Å². The molecular formula is CH5Cl2SiZr. The Kier molecular flexibility index (Phi) is 265. The maximum Gasteiger partial charge on any atom is 2.00 e. The standard InChI is InChI=1S/CH5Si.2ClH.Zr/c1-2;;;/h2H2,1H3;2*1H;/q;;;+2/p-2. The van der Waals surface area contributed by atoms with Gasteiger partial charge in [0, 0.05) is 10.2 Å². The molecule has 4 heteroatoms. The van der Waals surface area contributed by atoms with Gasteiger partial charge in [0.1, 0.15) is 0 Å². The SMILES string of the molecule is C[SiH2].[Cl-].[Cl-].[Zr+2]. The summed E-state index contributed by atoms with van der Waals surface area (Å²) in [7, 11) is 1.86. The van der Waals surface area contributed by atoms with E-state index in [0.717, 1.165) is 0 Å². The van der Waals surface area contributed by atoms with Gasteiger partial charge in [0.2, 0.25) is 0 Å². The number of hydrogen-bond acceptors (Lipinski definition) is 0. The smallest absolute Gasteiger partial charge is 1.00 e. The molecule has 0 bridgehead atoms. The molecule has 0 unspecified atom stereocenters. The van der Waals surface area contributed by atoms with E-state index in [-0.39, 0.29) is 51.0 Å². The Hall–Kier alpha value is 1.68. The Morgan fingerprint density at radius 1 is 1.00 bits per heavy atom. The van der Waals surface area contributed by atoms with Crippen molar-refractivity contribution in [2.75, 3.05) is 0 Å². The summed E-state index contributed by atoms with van der Waals surface area (Å²) in [5.74, 6) is 0. The summed E-state index contributed by atoms with van der Waals surface area (Å²) in [5, 5.41) is 0. The molecular weight excluding hydrogens is 202 g/mol. The molecule has 0 spiro atoms. The molecule has 0 aliphatic carbocycles. The Bertz CT molecular complexity index is 9.61. The zero-order valence-electron chi connectivity index (χ0n) is 2.96. The molecule has 1 radical (unpaired) electrons. The molecule has 0 N–H and O–H groups in total. The van der Waals surface area contributed by atoms with Crippen molar-refractivity contribution in [1.29, 1.82) is 0 Å². The van der Waals surface area contributed by atoms with Crippen molar-refractivity contribution in [3.8, 4) is 0 Å². The van der Waals surface area contributed by atoms with Gasteiger partial charge in [0.25, 0.3) is 0 Å². The normalized spacial score (nSPS) is 1.20. The average molecular weight is 207 g/mol. The van der Waals surface area contributed by atoms with Crippen LogP contribution in [-0.4, -0.2) is 10.2 Å². The molecule has 0 rings (SSSR count). The van der Waals surface area contributed by atoms with Gasteiger partial charge in [0.15, 0.2) is 0 Å². The second-order valence-electron chi connectivity index (χ2n) is 0. The molecule has 5 heavy (non-hydrogen) atoms. The van der Waals surface area contributed by atoms with Crippen LogP contribution in [-0.2, 0) is 26.2 Å². The van der Waals surface area contributed by atoms with Crippen LogP contribution in [0, 0.1) is 0 Å². The molecule has 31 valence electrons. The third-order valence-electron chi connectivity index (χ3n) is 0. The molecule has 0 aliphatic rings. The molecule has 0 saturated carbocycles. The summed E-state index contributed by atoms with van der Waals surface area (Å²) < 4.78 is 0. The molecule has 0 aromatic rings. The molecule has 0 saturated heterocycles. The van der Waals surface area contributed by atoms with E-state index in [4.69, 9.17) is 0 Å². The molecule has 0 aromatic carbocycles. The van der Waals surface area contributed by atoms with Crippen molar-refractivity contribution in [3.05, 3.63) is 0 Å². The van der Waals surface area contributed by atoms with E-state index in [1.54, 1.807) is 0 Å². The topological polar surface area (TPSA) is 0 Å². The van der Waals surface area contributed by atoms with Gasteiger partial charge in [-0.1, -0.05) is 6.55 Å². The van der Waals surface area contributed by atoms with Gasteiger partial charge >= 0.3 is 26.2 Å². The van der Waals surface area contributed by atoms with Crippen molar-refractivity contribution >= 4 is 10.2 Å². The average Bonchev–Trinajstić information content (AvgIpc) is 1.00. The molecule has 0 heterocycles. The largest absolute Gasteiger partial charge is 2.00 e. The first-order chi connectivity index (χ1) is 1.00. The van der Waals surface area contributed by atoms with Crippen molar-refractivity contribution in [2.45, 2.75) is 6.55 Å². The fourth-order valence-electron chi connectivity index (χ4n) is 0. The van der Waals surface area contributed by atoms with E-state index in [1.165, 1.54) is 0 Å². The van der Waals surface area contributed by atoms with Crippen LogP contribution in [0.4, 0.5) is 0 Å². The van der Waals surface area contributed by atoms with Crippen LogP contribution in [0.1, 0.15) is 0 Å². The van der Waals surface area contributed by atoms with Crippen LogP contribution in [0.5, 0.6) is 0 Å². The van der Waals surface area contributed by atoms with Crippen LogP contribution in [0.15, 0.2) is 0 Å². The minimum Gasteiger partial charge on any atom is -1.00 e. The Labute approximate surface area is 67.5 Å². The first kappa shape index (κ1) is 30.0. The fourth-order valence-corrected chi connectivity index (χ4v) is 0. The zero-order valence-corrected chi connectivity index (χ0v) is 8.35. The van der Waals surface area contributed by atoms with Crippen LogP contribution >= 0.6 is 0 Å². The van der Waals surface area contributed by atoms with Gasteiger partial charge < -0.3 is 24.8 Å². The molecule has 0 amide bonds. The number of hydrogen-bond donors (Lipinski definition) is 0. The van der Waals surface area contributed by atoms with Crippen molar-refractivity contribution in [2.24, 2.45) is 0 Å². The van der Waals surface area contributed by atoms with Crippen molar-refractivity contribution < 1.29 is 51.0 Å². The van der Waals surface area contributed by atoms with E-state index in [0.29, 0.717) is 0 Å². The fraction of sp³-hybridized carbons (Fsp3) is 1.00. The van der Waals surface area contributed by atoms with Crippen LogP contribution < -0.4 is 24.8 Å². The predicted molar refractivity (Wildman–Crippen MR) is 14.4 cm³/mol. The van der Waals surface area contributed by atoms with Crippen molar-refractivity contribution in [1.82, 2.24) is 0 Å². The predicted octanol–water partition coefficient (Wildman–Crippen LogP) is -6.33. The third kappa shape index (κ3) is 27.3. The Morgan fingerprint density at radius 2 is 1.00 bits per heavy atom. The van der Waals surface area contributed by atoms with E-state index >= 15 is 0 Å². The summed E-state index contributed by atoms with van der Waals surface area (Å²) in [6.07, 6.45) is 0. The van der Waals surface area contributed by atoms with Crippen LogP contribution in [0.3, 0.4) is 0 Å². The quantitative estimate of drug-likeness (QED) is 0.347. The minimum absolute atomic E-state index is 0. The third-order valence-corrected chi connectivity index (χ3v) is 0. The number of rotatable bonds is 0. The van der Waals surface area contributed by atoms with E-state index in [2.05, 4.69) is 0 Å². The molecule has 0 aromatic heterocycles. The Balaban J connectivity index is -0.00000000167. The van der Waals surface area contributed by atoms with Gasteiger partial charge in [-0.15, -0.1) is 0 Å². The van der Waals surface area contributed by atoms with Crippen LogP contribution in [0.2, 0.25) is 6.55 Å². The zero-order chi connectivity index (χ0) is 2.00. The summed E-state index contributed by atoms with van der Waals surface area (Å²) in [5.41, 5.74) is 0. The van der Waals surface area contributed by atoms with Gasteiger partial charge in [-0.05, 0) is 0 Å². The van der Waals surface area contributed by atoms with E-state index in [9.17, 15) is 0 Å². The second kappa shape index (κ2) is 44.1. The summed E-state index contributed by atoms with van der Waals surface area (Å²) in [6, 6.07) is 0. The Morgan fingerprint density at radius 3 is 1.00 bits per heavy atom. The van der Waals surface area contributed by atoms with E-state index < -0.39 is 0 Å². The van der Waals surface area contributed by atoms with E-state index in [1.807, 2.05) is 16.8 Å². The summed E-state index contributed by atoms with van der Waals surface area (Å²) in [4.78, 5) is 0. The maximum absolute atomic E-state index is 2.03. The molecule has 0 fully saturated rings. The summed E-state index contributed by atoms with van der Waals surface area (Å²) in [6.45, 7) is 2.03. The van der Waals surface area contributed by atoms with Crippen LogP contribution in [0.25, 0.3) is 0 Å². The summed E-state index contributed by atoms with van der Waals surface area (Å²) >= 11 is 0. The molecule has 0 aliphatic heterocycles. The van der Waals surface area contributed by atoms with Gasteiger partial charge in [0.05, 0.1) is 0 Å². The first-order valence-corrected chi connectivity index (χ1v) is 2.12. The monoisotopic (exact) mass is 205 g/mol. The molecule has 0 nitrogen and oxygen atoms in total. The van der Waals surface area contributed by atoms with Gasteiger partial charge in [-0.3, -0.25) is 0 Å². The first-order valence-electron chi connectivity index (χ1n) is 0.707. The van der Waals surface area contributed by atoms with Gasteiger partial charge in [-0.25, -0.2) is 0 Å². The van der Waals surface area contributed by atoms with Crippen molar-refractivity contribution in [3.63, 3.8) is 0 Å². The maximum atomic E-state index is 2.03. The second-order valence-corrected chi connectivity index (χ2v) is 0. The number of halogens is 2. The molecule has 0 atom stereocenters. The minimum atomic E-state index is 0.